The molecular weight excluding hydrogens is 438 g/mol. The van der Waals surface area contributed by atoms with Gasteiger partial charge in [-0.25, -0.2) is 4.68 Å². The number of amides is 1. The van der Waals surface area contributed by atoms with Gasteiger partial charge in [0.2, 0.25) is 0 Å². The standard InChI is InChI=1S/C21H16F6N4O/c22-20(23,24)13-8-4-5-9-14(13)29-19(32)16-11-18-28-15(12-6-2-1-3-7-12)10-17(21(25,26)27)31(18)30-16/h1-9,11,15,17,28H,10H2,(H,29,32)/t15-,17+/m1/s1. The minimum Gasteiger partial charge on any atom is -0.363 e. The fourth-order valence-corrected chi connectivity index (χ4v) is 3.61. The summed E-state index contributed by atoms with van der Waals surface area (Å²) in [6, 6.07) is 11.2. The Morgan fingerprint density at radius 1 is 1.00 bits per heavy atom. The molecule has 0 saturated carbocycles. The van der Waals surface area contributed by atoms with Gasteiger partial charge in [0.15, 0.2) is 11.7 Å². The summed E-state index contributed by atoms with van der Waals surface area (Å²) in [6.45, 7) is 0. The van der Waals surface area contributed by atoms with Crippen molar-refractivity contribution in [2.24, 2.45) is 0 Å². The number of nitrogens with zero attached hydrogens (tertiary/aromatic N) is 2. The van der Waals surface area contributed by atoms with Crippen LogP contribution in [-0.4, -0.2) is 21.9 Å². The second kappa shape index (κ2) is 7.88. The Hall–Kier alpha value is -3.50. The molecule has 0 bridgehead atoms. The van der Waals surface area contributed by atoms with Crippen molar-refractivity contribution in [1.29, 1.82) is 0 Å². The van der Waals surface area contributed by atoms with E-state index in [2.05, 4.69) is 15.7 Å². The van der Waals surface area contributed by atoms with Crippen LogP contribution in [0.25, 0.3) is 0 Å². The van der Waals surface area contributed by atoms with Gasteiger partial charge in [0.25, 0.3) is 5.91 Å². The third-order valence-corrected chi connectivity index (χ3v) is 5.11. The Bertz CT molecular complexity index is 1120. The lowest BCUT2D eigenvalue weighted by atomic mass is 9.97. The number of hydrogen-bond donors (Lipinski definition) is 2. The van der Waals surface area contributed by atoms with E-state index in [1.165, 1.54) is 6.07 Å². The number of carbonyl (C=O) groups is 1. The highest BCUT2D eigenvalue weighted by atomic mass is 19.4. The summed E-state index contributed by atoms with van der Waals surface area (Å²) in [4.78, 5) is 12.6. The normalized spacial score (nSPS) is 18.6. The summed E-state index contributed by atoms with van der Waals surface area (Å²) in [5.41, 5.74) is -1.40. The number of carbonyl (C=O) groups excluding carboxylic acids is 1. The van der Waals surface area contributed by atoms with Crippen LogP contribution in [0.4, 0.5) is 37.8 Å². The van der Waals surface area contributed by atoms with Gasteiger partial charge in [-0.15, -0.1) is 0 Å². The summed E-state index contributed by atoms with van der Waals surface area (Å²) in [5.74, 6) is -1.11. The highest BCUT2D eigenvalue weighted by Crippen LogP contribution is 2.43. The number of anilines is 2. The van der Waals surface area contributed by atoms with Crippen LogP contribution in [0.5, 0.6) is 0 Å². The number of aromatic nitrogens is 2. The quantitative estimate of drug-likeness (QED) is 0.491. The first-order valence-corrected chi connectivity index (χ1v) is 9.49. The minimum atomic E-state index is -4.72. The Morgan fingerprint density at radius 3 is 2.31 bits per heavy atom. The summed E-state index contributed by atoms with van der Waals surface area (Å²) in [5, 5.41) is 8.78. The number of rotatable bonds is 3. The number of alkyl halides is 6. The van der Waals surface area contributed by atoms with Gasteiger partial charge in [-0.2, -0.15) is 31.4 Å². The highest BCUT2D eigenvalue weighted by molar-refractivity contribution is 6.03. The van der Waals surface area contributed by atoms with Gasteiger partial charge in [-0.1, -0.05) is 42.5 Å². The molecule has 2 atom stereocenters. The zero-order valence-electron chi connectivity index (χ0n) is 16.2. The van der Waals surface area contributed by atoms with Gasteiger partial charge in [0.05, 0.1) is 17.3 Å². The highest BCUT2D eigenvalue weighted by Gasteiger charge is 2.47. The molecule has 0 fully saturated rings. The Kier molecular flexibility index (Phi) is 5.35. The third kappa shape index (κ3) is 4.27. The van der Waals surface area contributed by atoms with Crippen molar-refractivity contribution in [3.05, 3.63) is 77.5 Å². The Morgan fingerprint density at radius 2 is 1.66 bits per heavy atom. The molecular formula is C21H16F6N4O. The van der Waals surface area contributed by atoms with E-state index in [4.69, 9.17) is 0 Å². The topological polar surface area (TPSA) is 59.0 Å². The number of para-hydroxylation sites is 1. The zero-order chi connectivity index (χ0) is 23.1. The molecule has 1 aliphatic rings. The van der Waals surface area contributed by atoms with Gasteiger partial charge in [-0.05, 0) is 17.7 Å². The lowest BCUT2D eigenvalue weighted by Gasteiger charge is -2.33. The van der Waals surface area contributed by atoms with Crippen LogP contribution in [0.15, 0.2) is 60.7 Å². The molecule has 0 unspecified atom stereocenters. The van der Waals surface area contributed by atoms with Crippen LogP contribution >= 0.6 is 0 Å². The minimum absolute atomic E-state index is 0.0540. The van der Waals surface area contributed by atoms with Gasteiger partial charge >= 0.3 is 12.4 Å². The maximum atomic E-state index is 13.7. The van der Waals surface area contributed by atoms with Crippen molar-refractivity contribution in [2.45, 2.75) is 30.9 Å². The monoisotopic (exact) mass is 454 g/mol. The van der Waals surface area contributed by atoms with Gasteiger partial charge in [0.1, 0.15) is 5.82 Å². The number of fused-ring (bicyclic) bond motifs is 1. The van der Waals surface area contributed by atoms with Crippen LogP contribution in [0.1, 0.15) is 40.1 Å². The van der Waals surface area contributed by atoms with E-state index < -0.39 is 47.3 Å². The molecule has 2 heterocycles. The predicted molar refractivity (Wildman–Crippen MR) is 104 cm³/mol. The first-order valence-electron chi connectivity index (χ1n) is 9.49. The lowest BCUT2D eigenvalue weighted by Crippen LogP contribution is -2.35. The maximum Gasteiger partial charge on any atom is 0.418 e. The van der Waals surface area contributed by atoms with Crippen molar-refractivity contribution in [2.75, 3.05) is 10.6 Å². The number of benzene rings is 2. The molecule has 0 saturated heterocycles. The van der Waals surface area contributed by atoms with Crippen molar-refractivity contribution in [1.82, 2.24) is 9.78 Å². The van der Waals surface area contributed by atoms with E-state index in [1.807, 2.05) is 0 Å². The third-order valence-electron chi connectivity index (χ3n) is 5.11. The molecule has 1 aromatic heterocycles. The lowest BCUT2D eigenvalue weighted by molar-refractivity contribution is -0.173. The molecule has 1 amide bonds. The van der Waals surface area contributed by atoms with E-state index >= 15 is 0 Å². The molecule has 0 aliphatic carbocycles. The van der Waals surface area contributed by atoms with Crippen molar-refractivity contribution < 1.29 is 31.1 Å². The first kappa shape index (κ1) is 21.7. The second-order valence-electron chi connectivity index (χ2n) is 7.26. The predicted octanol–water partition coefficient (Wildman–Crippen LogP) is 5.81. The largest absolute Gasteiger partial charge is 0.418 e. The summed E-state index contributed by atoms with van der Waals surface area (Å²) in [6.07, 6.45) is -9.73. The van der Waals surface area contributed by atoms with Crippen LogP contribution in [0, 0.1) is 0 Å². The Balaban J connectivity index is 1.65. The molecule has 168 valence electrons. The fraction of sp³-hybridized carbons (Fsp3) is 0.238. The second-order valence-corrected chi connectivity index (χ2v) is 7.26. The van der Waals surface area contributed by atoms with E-state index in [0.29, 0.717) is 10.2 Å². The molecule has 0 radical (unpaired) electrons. The summed E-state index contributed by atoms with van der Waals surface area (Å²) >= 11 is 0. The van der Waals surface area contributed by atoms with E-state index in [1.54, 1.807) is 30.3 Å². The smallest absolute Gasteiger partial charge is 0.363 e. The number of halogens is 6. The van der Waals surface area contributed by atoms with E-state index in [-0.39, 0.29) is 12.2 Å². The molecule has 0 spiro atoms. The molecule has 2 N–H and O–H groups in total. The van der Waals surface area contributed by atoms with Crippen LogP contribution in [0.2, 0.25) is 0 Å². The van der Waals surface area contributed by atoms with E-state index in [9.17, 15) is 31.1 Å². The summed E-state index contributed by atoms with van der Waals surface area (Å²) in [7, 11) is 0. The van der Waals surface area contributed by atoms with Crippen LogP contribution in [0.3, 0.4) is 0 Å². The molecule has 11 heteroatoms. The van der Waals surface area contributed by atoms with Crippen molar-refractivity contribution in [3.63, 3.8) is 0 Å². The SMILES string of the molecule is O=C(Nc1ccccc1C(F)(F)F)c1cc2n(n1)[C@H](C(F)(F)F)C[C@H](c1ccccc1)N2. The molecule has 32 heavy (non-hydrogen) atoms. The zero-order valence-corrected chi connectivity index (χ0v) is 16.2. The van der Waals surface area contributed by atoms with Gasteiger partial charge < -0.3 is 10.6 Å². The summed E-state index contributed by atoms with van der Waals surface area (Å²) < 4.78 is 81.4. The molecule has 4 rings (SSSR count). The number of hydrogen-bond acceptors (Lipinski definition) is 3. The maximum absolute atomic E-state index is 13.7. The average Bonchev–Trinajstić information content (AvgIpc) is 3.17. The molecule has 3 aromatic rings. The number of nitrogens with one attached hydrogen (secondary N) is 2. The molecule has 5 nitrogen and oxygen atoms in total. The van der Waals surface area contributed by atoms with Crippen molar-refractivity contribution in [3.8, 4) is 0 Å². The van der Waals surface area contributed by atoms with Gasteiger partial charge in [-0.3, -0.25) is 4.79 Å². The van der Waals surface area contributed by atoms with Crippen LogP contribution in [-0.2, 0) is 6.18 Å². The first-order chi connectivity index (χ1) is 15.0. The molecule has 2 aromatic carbocycles. The van der Waals surface area contributed by atoms with Crippen LogP contribution < -0.4 is 10.6 Å². The molecule has 1 aliphatic heterocycles. The van der Waals surface area contributed by atoms with Crippen molar-refractivity contribution >= 4 is 17.4 Å². The van der Waals surface area contributed by atoms with E-state index in [0.717, 1.165) is 24.3 Å². The fourth-order valence-electron chi connectivity index (χ4n) is 3.61. The average molecular weight is 454 g/mol. The Labute approximate surface area is 178 Å². The van der Waals surface area contributed by atoms with Gasteiger partial charge in [0, 0.05) is 12.5 Å².